The van der Waals surface area contributed by atoms with E-state index in [4.69, 9.17) is 14.6 Å². The van der Waals surface area contributed by atoms with Crippen LogP contribution in [-0.4, -0.2) is 121 Å². The zero-order valence-electron chi connectivity index (χ0n) is 12.2. The predicted octanol–water partition coefficient (Wildman–Crippen LogP) is -5.52. The summed E-state index contributed by atoms with van der Waals surface area (Å²) >= 11 is 0. The van der Waals surface area contributed by atoms with Crippen LogP contribution in [0.2, 0.25) is 0 Å². The summed E-state index contributed by atoms with van der Waals surface area (Å²) in [5.74, 6) is 0. The van der Waals surface area contributed by atoms with Gasteiger partial charge in [-0.05, 0) is 0 Å². The van der Waals surface area contributed by atoms with E-state index in [1.54, 1.807) is 0 Å². The summed E-state index contributed by atoms with van der Waals surface area (Å²) < 4.78 is 10.5. The molecule has 0 aliphatic carbocycles. The average molecular weight is 341 g/mol. The van der Waals surface area contributed by atoms with E-state index in [1.165, 1.54) is 0 Å². The van der Waals surface area contributed by atoms with Crippen LogP contribution in [0.3, 0.4) is 0 Å². The molecule has 4 unspecified atom stereocenters. The Morgan fingerprint density at radius 2 is 1.52 bits per heavy atom. The number of aliphatic hydroxyl groups excluding tert-OH is 8. The van der Waals surface area contributed by atoms with Crippen LogP contribution in [0, 0.1) is 0 Å². The fourth-order valence-corrected chi connectivity index (χ4v) is 2.69. The lowest BCUT2D eigenvalue weighted by molar-refractivity contribution is -0.345. The van der Waals surface area contributed by atoms with Gasteiger partial charge in [0.15, 0.2) is 6.29 Å². The van der Waals surface area contributed by atoms with Crippen molar-refractivity contribution < 1.29 is 50.3 Å². The molecule has 9 atom stereocenters. The Labute approximate surface area is 131 Å². The van der Waals surface area contributed by atoms with Crippen LogP contribution in [0.1, 0.15) is 0 Å². The fraction of sp³-hybridized carbons (Fsp3) is 1.00. The fourth-order valence-electron chi connectivity index (χ4n) is 2.69. The first-order chi connectivity index (χ1) is 10.8. The first-order valence-corrected chi connectivity index (χ1v) is 7.16. The molecule has 0 radical (unpaired) electrons. The second-order valence-electron chi connectivity index (χ2n) is 5.69. The summed E-state index contributed by atoms with van der Waals surface area (Å²) in [6.07, 6.45) is -13.5. The maximum absolute atomic E-state index is 9.98. The molecule has 0 bridgehead atoms. The van der Waals surface area contributed by atoms with Gasteiger partial charge in [-0.2, -0.15) is 0 Å². The van der Waals surface area contributed by atoms with E-state index in [-0.39, 0.29) is 6.54 Å². The van der Waals surface area contributed by atoms with Gasteiger partial charge in [-0.25, -0.2) is 0 Å². The van der Waals surface area contributed by atoms with Gasteiger partial charge < -0.3 is 50.3 Å². The quantitative estimate of drug-likeness (QED) is 0.244. The number of hydrogen-bond acceptors (Lipinski definition) is 11. The van der Waals surface area contributed by atoms with Gasteiger partial charge in [0.05, 0.1) is 19.4 Å². The van der Waals surface area contributed by atoms with Gasteiger partial charge in [0.25, 0.3) is 0 Å². The van der Waals surface area contributed by atoms with Crippen LogP contribution in [-0.2, 0) is 9.47 Å². The molecule has 11 nitrogen and oxygen atoms in total. The van der Waals surface area contributed by atoms with Gasteiger partial charge in [-0.15, -0.1) is 0 Å². The molecule has 11 heteroatoms. The number of rotatable bonds is 4. The molecule has 8 N–H and O–H groups in total. The van der Waals surface area contributed by atoms with Crippen molar-refractivity contribution >= 4 is 0 Å². The Kier molecular flexibility index (Phi) is 6.27. The molecule has 2 aliphatic heterocycles. The van der Waals surface area contributed by atoms with Crippen LogP contribution < -0.4 is 0 Å². The highest BCUT2D eigenvalue weighted by Crippen LogP contribution is 2.27. The monoisotopic (exact) mass is 341 g/mol. The van der Waals surface area contributed by atoms with Crippen LogP contribution >= 0.6 is 0 Å². The number of β-amino-alcohol motifs (C(OH)–C–C–N with tert-alkyl or cyclic N) is 1. The van der Waals surface area contributed by atoms with E-state index in [0.717, 1.165) is 4.90 Å². The Balaban J connectivity index is 2.11. The van der Waals surface area contributed by atoms with Crippen molar-refractivity contribution in [3.8, 4) is 0 Å². The molecule has 0 saturated carbocycles. The Morgan fingerprint density at radius 3 is 2.09 bits per heavy atom. The first kappa shape index (κ1) is 18.9. The largest absolute Gasteiger partial charge is 0.394 e. The lowest BCUT2D eigenvalue weighted by Crippen LogP contribution is -2.66. The molecule has 0 aromatic rings. The Morgan fingerprint density at radius 1 is 0.870 bits per heavy atom. The molecule has 2 heterocycles. The van der Waals surface area contributed by atoms with Crippen LogP contribution in [0.25, 0.3) is 0 Å². The predicted molar refractivity (Wildman–Crippen MR) is 70.5 cm³/mol. The van der Waals surface area contributed by atoms with Crippen LogP contribution in [0.5, 0.6) is 0 Å². The van der Waals surface area contributed by atoms with E-state index in [1.807, 2.05) is 0 Å². The third-order valence-corrected chi connectivity index (χ3v) is 4.12. The third-order valence-electron chi connectivity index (χ3n) is 4.12. The molecular weight excluding hydrogens is 318 g/mol. The van der Waals surface area contributed by atoms with Crippen LogP contribution in [0.15, 0.2) is 0 Å². The summed E-state index contributed by atoms with van der Waals surface area (Å²) in [4.78, 5) is 1.09. The standard InChI is InChI=1S/C12H23NO10/c14-2-5-7(18)8(19)10(21)12(22-5)23-11-9(20)6(17)4(16)1-13(11)3-15/h4-12,14-21H,1-3H2/t4?,5-,6?,7-,8+,9?,10-,11?,12-/m1/s1. The highest BCUT2D eigenvalue weighted by atomic mass is 16.7. The number of likely N-dealkylation sites (tertiary alicyclic amines) is 1. The number of aliphatic hydroxyl groups is 8. The minimum atomic E-state index is -1.69. The van der Waals surface area contributed by atoms with Gasteiger partial charge in [0, 0.05) is 6.54 Å². The second-order valence-corrected chi connectivity index (χ2v) is 5.69. The third kappa shape index (κ3) is 3.65. The summed E-state index contributed by atoms with van der Waals surface area (Å²) in [5.41, 5.74) is 0. The van der Waals surface area contributed by atoms with E-state index in [0.29, 0.717) is 0 Å². The number of piperidine rings is 1. The SMILES string of the molecule is OC[C@H]1O[C@H](OC2C(O)C(O)C(O)CN2CO)[C@H](O)[C@@H](O)[C@@H]1O. The second kappa shape index (κ2) is 7.63. The average Bonchev–Trinajstić information content (AvgIpc) is 2.55. The number of nitrogens with zero attached hydrogens (tertiary/aromatic N) is 1. The maximum atomic E-state index is 9.98. The minimum absolute atomic E-state index is 0.211. The molecule has 2 rings (SSSR count). The van der Waals surface area contributed by atoms with E-state index < -0.39 is 68.6 Å². The Bertz CT molecular complexity index is 383. The van der Waals surface area contributed by atoms with Crippen molar-refractivity contribution in [2.75, 3.05) is 19.9 Å². The topological polar surface area (TPSA) is 184 Å². The Hall–Kier alpha value is -0.440. The van der Waals surface area contributed by atoms with E-state index in [9.17, 15) is 35.7 Å². The number of ether oxygens (including phenoxy) is 2. The minimum Gasteiger partial charge on any atom is -0.394 e. The number of hydrogen-bond donors (Lipinski definition) is 8. The summed E-state index contributed by atoms with van der Waals surface area (Å²) in [7, 11) is 0. The van der Waals surface area contributed by atoms with E-state index in [2.05, 4.69) is 0 Å². The molecule has 0 aromatic carbocycles. The zero-order chi connectivity index (χ0) is 17.3. The molecule has 0 amide bonds. The van der Waals surface area contributed by atoms with Crippen molar-refractivity contribution in [1.82, 2.24) is 4.90 Å². The van der Waals surface area contributed by atoms with Crippen molar-refractivity contribution in [2.24, 2.45) is 0 Å². The van der Waals surface area contributed by atoms with Gasteiger partial charge in [-0.1, -0.05) is 0 Å². The molecule has 2 aliphatic rings. The highest BCUT2D eigenvalue weighted by Gasteiger charge is 2.48. The summed E-state index contributed by atoms with van der Waals surface area (Å²) in [6.45, 7) is -1.48. The molecular formula is C12H23NO10. The molecule has 23 heavy (non-hydrogen) atoms. The summed E-state index contributed by atoms with van der Waals surface area (Å²) in [6, 6.07) is 0. The van der Waals surface area contributed by atoms with Gasteiger partial charge >= 0.3 is 0 Å². The lowest BCUT2D eigenvalue weighted by atomic mass is 9.98. The maximum Gasteiger partial charge on any atom is 0.188 e. The van der Waals surface area contributed by atoms with Gasteiger partial charge in [0.2, 0.25) is 0 Å². The zero-order valence-corrected chi connectivity index (χ0v) is 12.2. The van der Waals surface area contributed by atoms with Crippen molar-refractivity contribution in [2.45, 2.75) is 55.2 Å². The molecule has 0 aromatic heterocycles. The molecule has 2 saturated heterocycles. The van der Waals surface area contributed by atoms with Gasteiger partial charge in [0.1, 0.15) is 42.9 Å². The summed E-state index contributed by atoms with van der Waals surface area (Å²) in [5, 5.41) is 76.9. The molecule has 2 fully saturated rings. The van der Waals surface area contributed by atoms with Crippen molar-refractivity contribution in [3.63, 3.8) is 0 Å². The normalized spacial score (nSPS) is 49.3. The lowest BCUT2D eigenvalue weighted by Gasteiger charge is -2.46. The molecule has 0 spiro atoms. The highest BCUT2D eigenvalue weighted by molar-refractivity contribution is 4.93. The van der Waals surface area contributed by atoms with Crippen molar-refractivity contribution in [3.05, 3.63) is 0 Å². The first-order valence-electron chi connectivity index (χ1n) is 7.16. The van der Waals surface area contributed by atoms with E-state index >= 15 is 0 Å². The smallest absolute Gasteiger partial charge is 0.188 e. The van der Waals surface area contributed by atoms with Crippen LogP contribution in [0.4, 0.5) is 0 Å². The van der Waals surface area contributed by atoms with Crippen molar-refractivity contribution in [1.29, 1.82) is 0 Å². The van der Waals surface area contributed by atoms with Gasteiger partial charge in [-0.3, -0.25) is 4.90 Å². The molecule has 136 valence electrons.